The van der Waals surface area contributed by atoms with Crippen molar-refractivity contribution in [3.8, 4) is 0 Å². The van der Waals surface area contributed by atoms with Gasteiger partial charge < -0.3 is 15.5 Å². The topological polar surface area (TPSA) is 120 Å². The zero-order chi connectivity index (χ0) is 23.1. The third-order valence-corrected chi connectivity index (χ3v) is 6.96. The highest BCUT2D eigenvalue weighted by atomic mass is 28.3. The molecule has 1 aromatic heterocycles. The van der Waals surface area contributed by atoms with Crippen molar-refractivity contribution in [1.29, 1.82) is 0 Å². The molecule has 1 aliphatic rings. The monoisotopic (exact) mass is 449 g/mol. The van der Waals surface area contributed by atoms with E-state index < -0.39 is 43.7 Å². The van der Waals surface area contributed by atoms with Gasteiger partial charge in [-0.15, -0.1) is 0 Å². The zero-order valence-electron chi connectivity index (χ0n) is 17.1. The molecule has 11 heteroatoms. The van der Waals surface area contributed by atoms with Gasteiger partial charge in [-0.1, -0.05) is 25.7 Å². The molecule has 1 unspecified atom stereocenters. The van der Waals surface area contributed by atoms with E-state index >= 15 is 0 Å². The summed E-state index contributed by atoms with van der Waals surface area (Å²) >= 11 is 0. The summed E-state index contributed by atoms with van der Waals surface area (Å²) in [7, 11) is -2.31. The highest BCUT2D eigenvalue weighted by Gasteiger charge is 2.37. The van der Waals surface area contributed by atoms with E-state index in [2.05, 4.69) is 10.3 Å². The number of carboxylic acids is 1. The number of benzene rings is 1. The molecule has 31 heavy (non-hydrogen) atoms. The molecule has 3 N–H and O–H groups in total. The van der Waals surface area contributed by atoms with E-state index in [0.29, 0.717) is 0 Å². The number of carboxylic acid groups (broad SMARTS) is 2. The van der Waals surface area contributed by atoms with Crippen molar-refractivity contribution in [2.24, 2.45) is 0 Å². The van der Waals surface area contributed by atoms with Crippen molar-refractivity contribution in [3.63, 3.8) is 0 Å². The summed E-state index contributed by atoms with van der Waals surface area (Å²) in [6, 6.07) is 3.18. The Morgan fingerprint density at radius 3 is 2.26 bits per heavy atom. The molecule has 0 bridgehead atoms. The number of rotatable bonds is 4. The van der Waals surface area contributed by atoms with Gasteiger partial charge in [0.15, 0.2) is 0 Å². The Morgan fingerprint density at radius 1 is 1.13 bits per heavy atom. The van der Waals surface area contributed by atoms with Crippen LogP contribution >= 0.6 is 0 Å². The van der Waals surface area contributed by atoms with E-state index in [-0.39, 0.29) is 40.8 Å². The first kappa shape index (κ1) is 22.3. The molecule has 0 fully saturated rings. The van der Waals surface area contributed by atoms with Crippen molar-refractivity contribution in [2.75, 3.05) is 11.9 Å². The molecule has 1 aliphatic heterocycles. The van der Waals surface area contributed by atoms with Crippen LogP contribution in [0.25, 0.3) is 0 Å². The van der Waals surface area contributed by atoms with E-state index in [4.69, 9.17) is 5.11 Å². The second-order valence-corrected chi connectivity index (χ2v) is 13.2. The minimum absolute atomic E-state index is 0.00562. The lowest BCUT2D eigenvalue weighted by Gasteiger charge is -2.33. The molecule has 0 radical (unpaired) electrons. The quantitative estimate of drug-likeness (QED) is 0.618. The first-order valence-corrected chi connectivity index (χ1v) is 12.9. The van der Waals surface area contributed by atoms with Crippen LogP contribution in [-0.2, 0) is 11.2 Å². The Hall–Kier alpha value is -3.34. The molecule has 0 aliphatic carbocycles. The van der Waals surface area contributed by atoms with E-state index in [1.54, 1.807) is 19.6 Å². The average Bonchev–Trinajstić information content (AvgIpc) is 2.64. The third kappa shape index (κ3) is 4.40. The fraction of sp³-hybridized carbons (Fsp3) is 0.300. The van der Waals surface area contributed by atoms with Crippen molar-refractivity contribution < 1.29 is 33.4 Å². The van der Waals surface area contributed by atoms with Gasteiger partial charge in [0.2, 0.25) is 0 Å². The highest BCUT2D eigenvalue weighted by molar-refractivity contribution is 6.88. The molecular formula is C20H21F2N3O5Si. The summed E-state index contributed by atoms with van der Waals surface area (Å²) in [5.41, 5.74) is 0.127. The van der Waals surface area contributed by atoms with Gasteiger partial charge in [-0.25, -0.2) is 23.4 Å². The number of hydrogen-bond donors (Lipinski definition) is 3. The van der Waals surface area contributed by atoms with Gasteiger partial charge in [0, 0.05) is 35.1 Å². The predicted octanol–water partition coefficient (Wildman–Crippen LogP) is 2.82. The molecule has 0 saturated heterocycles. The number of carbonyl (C=O) groups excluding carboxylic acids is 1. The van der Waals surface area contributed by atoms with Gasteiger partial charge in [0.1, 0.15) is 23.4 Å². The number of pyridine rings is 1. The second-order valence-electron chi connectivity index (χ2n) is 8.22. The van der Waals surface area contributed by atoms with Crippen molar-refractivity contribution in [3.05, 3.63) is 52.9 Å². The largest absolute Gasteiger partial charge is 0.477 e. The number of amides is 2. The fourth-order valence-electron chi connectivity index (χ4n) is 3.67. The Morgan fingerprint density at radius 2 is 1.74 bits per heavy atom. The number of halogens is 2. The first-order valence-electron chi connectivity index (χ1n) is 9.43. The molecule has 0 saturated carbocycles. The molecule has 2 amide bonds. The van der Waals surface area contributed by atoms with Crippen LogP contribution in [0.2, 0.25) is 19.6 Å². The smallest absolute Gasteiger partial charge is 0.408 e. The average molecular weight is 449 g/mol. The summed E-state index contributed by atoms with van der Waals surface area (Å²) in [4.78, 5) is 40.7. The summed E-state index contributed by atoms with van der Waals surface area (Å²) in [6.07, 6.45) is -1.24. The summed E-state index contributed by atoms with van der Waals surface area (Å²) in [6.45, 7) is 5.27. The minimum atomic E-state index is -2.31. The standard InChI is InChI=1S/C20H21F2N3O5Si/c1-31(2,3)17-12(21)8-10(9-13(17)22)23-18(26)16-11-4-5-15(19(27)28)24-14(11)6-7-25(16)20(29)30/h4-5,8-9,16H,6-7H2,1-3H3,(H,23,26)(H,27,28)(H,29,30). The Labute approximate surface area is 177 Å². The van der Waals surface area contributed by atoms with Crippen LogP contribution < -0.4 is 10.5 Å². The third-order valence-electron chi connectivity index (χ3n) is 4.98. The lowest BCUT2D eigenvalue weighted by Crippen LogP contribution is -2.45. The summed E-state index contributed by atoms with van der Waals surface area (Å²) in [5, 5.41) is 21.0. The van der Waals surface area contributed by atoms with Crippen LogP contribution in [0.1, 0.15) is 27.8 Å². The van der Waals surface area contributed by atoms with Crippen LogP contribution in [0.15, 0.2) is 24.3 Å². The van der Waals surface area contributed by atoms with Gasteiger partial charge in [-0.2, -0.15) is 0 Å². The zero-order valence-corrected chi connectivity index (χ0v) is 18.1. The van der Waals surface area contributed by atoms with Crippen LogP contribution in [-0.4, -0.2) is 52.7 Å². The number of aromatic nitrogens is 1. The SMILES string of the molecule is C[Si](C)(C)c1c(F)cc(NC(=O)C2c3ccc(C(=O)O)nc3CCN2C(=O)O)cc1F. The maximum Gasteiger partial charge on any atom is 0.408 e. The maximum absolute atomic E-state index is 14.5. The highest BCUT2D eigenvalue weighted by Crippen LogP contribution is 2.30. The van der Waals surface area contributed by atoms with E-state index in [0.717, 1.165) is 17.0 Å². The lowest BCUT2D eigenvalue weighted by molar-refractivity contribution is -0.121. The molecule has 2 aromatic rings. The first-order chi connectivity index (χ1) is 14.4. The van der Waals surface area contributed by atoms with Crippen LogP contribution in [0.5, 0.6) is 0 Å². The Balaban J connectivity index is 1.98. The Bertz CT molecular complexity index is 1060. The number of aromatic carboxylic acids is 1. The van der Waals surface area contributed by atoms with Crippen LogP contribution in [0, 0.1) is 11.6 Å². The molecule has 3 rings (SSSR count). The van der Waals surface area contributed by atoms with Gasteiger partial charge in [0.25, 0.3) is 5.91 Å². The van der Waals surface area contributed by atoms with E-state index in [1.165, 1.54) is 12.1 Å². The molecule has 164 valence electrons. The Kier molecular flexibility index (Phi) is 5.81. The minimum Gasteiger partial charge on any atom is -0.477 e. The summed E-state index contributed by atoms with van der Waals surface area (Å²) in [5.74, 6) is -3.63. The van der Waals surface area contributed by atoms with Gasteiger partial charge in [-0.3, -0.25) is 9.69 Å². The van der Waals surface area contributed by atoms with Crippen LogP contribution in [0.3, 0.4) is 0 Å². The molecule has 1 atom stereocenters. The second kappa shape index (κ2) is 8.06. The van der Waals surface area contributed by atoms with Gasteiger partial charge in [-0.05, 0) is 18.2 Å². The molecule has 2 heterocycles. The van der Waals surface area contributed by atoms with Crippen molar-refractivity contribution in [2.45, 2.75) is 32.1 Å². The molecule has 0 spiro atoms. The number of carbonyl (C=O) groups is 3. The van der Waals surface area contributed by atoms with E-state index in [9.17, 15) is 28.3 Å². The van der Waals surface area contributed by atoms with Crippen molar-refractivity contribution >= 4 is 36.9 Å². The molecule has 8 nitrogen and oxygen atoms in total. The number of nitrogens with zero attached hydrogens (tertiary/aromatic N) is 2. The van der Waals surface area contributed by atoms with Crippen molar-refractivity contribution in [1.82, 2.24) is 9.88 Å². The van der Waals surface area contributed by atoms with Crippen LogP contribution in [0.4, 0.5) is 19.3 Å². The molecule has 1 aromatic carbocycles. The molecular weight excluding hydrogens is 428 g/mol. The maximum atomic E-state index is 14.5. The predicted molar refractivity (Wildman–Crippen MR) is 110 cm³/mol. The number of nitrogens with one attached hydrogen (secondary N) is 1. The van der Waals surface area contributed by atoms with E-state index in [1.807, 2.05) is 0 Å². The number of hydrogen-bond acceptors (Lipinski definition) is 4. The van der Waals surface area contributed by atoms with Gasteiger partial charge in [0.05, 0.1) is 8.07 Å². The number of anilines is 1. The summed E-state index contributed by atoms with van der Waals surface area (Å²) < 4.78 is 29.1. The van der Waals surface area contributed by atoms with Gasteiger partial charge >= 0.3 is 12.1 Å². The fourth-order valence-corrected chi connectivity index (χ4v) is 5.24. The lowest BCUT2D eigenvalue weighted by atomic mass is 9.95. The number of fused-ring (bicyclic) bond motifs is 1. The normalized spacial score (nSPS) is 15.9.